The Hall–Kier alpha value is -2.09. The molecule has 1 aliphatic rings. The van der Waals surface area contributed by atoms with Crippen molar-refractivity contribution in [2.45, 2.75) is 6.42 Å². The Labute approximate surface area is 80.0 Å². The average Bonchev–Trinajstić information content (AvgIpc) is 2.82. The van der Waals surface area contributed by atoms with Crippen molar-refractivity contribution in [2.24, 2.45) is 0 Å². The zero-order chi connectivity index (χ0) is 9.54. The van der Waals surface area contributed by atoms with Gasteiger partial charge in [-0.2, -0.15) is 14.9 Å². The fourth-order valence-electron chi connectivity index (χ4n) is 1.73. The SMILES string of the molecule is N#Cc1cnn2c3c(cnc12)CCN3. The van der Waals surface area contributed by atoms with Gasteiger partial charge in [-0.05, 0) is 6.42 Å². The van der Waals surface area contributed by atoms with Crippen LogP contribution >= 0.6 is 0 Å². The molecule has 0 saturated heterocycles. The first-order valence-corrected chi connectivity index (χ1v) is 4.40. The Morgan fingerprint density at radius 2 is 2.43 bits per heavy atom. The summed E-state index contributed by atoms with van der Waals surface area (Å²) >= 11 is 0. The van der Waals surface area contributed by atoms with Crippen LogP contribution in [0.4, 0.5) is 5.82 Å². The van der Waals surface area contributed by atoms with E-state index in [1.807, 2.05) is 6.20 Å². The van der Waals surface area contributed by atoms with Gasteiger partial charge in [0.1, 0.15) is 17.5 Å². The monoisotopic (exact) mass is 185 g/mol. The van der Waals surface area contributed by atoms with E-state index in [-0.39, 0.29) is 0 Å². The number of nitriles is 1. The fraction of sp³-hybridized carbons (Fsp3) is 0.222. The van der Waals surface area contributed by atoms with E-state index in [1.165, 1.54) is 0 Å². The Morgan fingerprint density at radius 3 is 3.29 bits per heavy atom. The number of rotatable bonds is 0. The highest BCUT2D eigenvalue weighted by atomic mass is 15.3. The molecule has 2 aromatic rings. The van der Waals surface area contributed by atoms with E-state index in [1.54, 1.807) is 10.7 Å². The summed E-state index contributed by atoms with van der Waals surface area (Å²) < 4.78 is 1.70. The fourth-order valence-corrected chi connectivity index (χ4v) is 1.73. The molecule has 68 valence electrons. The second-order valence-corrected chi connectivity index (χ2v) is 3.21. The summed E-state index contributed by atoms with van der Waals surface area (Å²) in [5, 5.41) is 16.2. The molecule has 2 aromatic heterocycles. The maximum atomic E-state index is 8.81. The molecule has 0 atom stereocenters. The van der Waals surface area contributed by atoms with Crippen LogP contribution in [-0.2, 0) is 6.42 Å². The smallest absolute Gasteiger partial charge is 0.175 e. The third-order valence-corrected chi connectivity index (χ3v) is 2.41. The predicted octanol–water partition coefficient (Wildman–Crippen LogP) is 0.569. The van der Waals surface area contributed by atoms with Gasteiger partial charge in [0.25, 0.3) is 0 Å². The van der Waals surface area contributed by atoms with Crippen molar-refractivity contribution in [2.75, 3.05) is 11.9 Å². The van der Waals surface area contributed by atoms with Crippen LogP contribution in [-0.4, -0.2) is 21.1 Å². The largest absolute Gasteiger partial charge is 0.369 e. The molecule has 0 unspecified atom stereocenters. The summed E-state index contributed by atoms with van der Waals surface area (Å²) in [5.41, 5.74) is 2.30. The van der Waals surface area contributed by atoms with E-state index in [0.29, 0.717) is 11.2 Å². The highest BCUT2D eigenvalue weighted by Crippen LogP contribution is 2.22. The Morgan fingerprint density at radius 1 is 1.50 bits per heavy atom. The molecule has 5 nitrogen and oxygen atoms in total. The van der Waals surface area contributed by atoms with Crippen LogP contribution in [0.25, 0.3) is 5.65 Å². The van der Waals surface area contributed by atoms with E-state index >= 15 is 0 Å². The molecule has 3 heterocycles. The zero-order valence-corrected chi connectivity index (χ0v) is 7.36. The molecule has 0 aromatic carbocycles. The lowest BCUT2D eigenvalue weighted by molar-refractivity contribution is 0.944. The maximum absolute atomic E-state index is 8.81. The van der Waals surface area contributed by atoms with Crippen molar-refractivity contribution in [1.29, 1.82) is 5.26 Å². The van der Waals surface area contributed by atoms with Crippen LogP contribution in [0.5, 0.6) is 0 Å². The lowest BCUT2D eigenvalue weighted by Gasteiger charge is -2.01. The van der Waals surface area contributed by atoms with Gasteiger partial charge in [0.2, 0.25) is 0 Å². The first-order valence-electron chi connectivity index (χ1n) is 4.40. The molecular formula is C9H7N5. The van der Waals surface area contributed by atoms with Gasteiger partial charge in [-0.3, -0.25) is 0 Å². The number of nitrogens with one attached hydrogen (secondary N) is 1. The molecule has 3 rings (SSSR count). The molecule has 1 aliphatic heterocycles. The van der Waals surface area contributed by atoms with Gasteiger partial charge in [0, 0.05) is 18.3 Å². The third-order valence-electron chi connectivity index (χ3n) is 2.41. The lowest BCUT2D eigenvalue weighted by Crippen LogP contribution is -2.00. The molecule has 0 aliphatic carbocycles. The van der Waals surface area contributed by atoms with Crippen LogP contribution in [0.3, 0.4) is 0 Å². The lowest BCUT2D eigenvalue weighted by atomic mass is 10.3. The molecule has 0 fully saturated rings. The summed E-state index contributed by atoms with van der Waals surface area (Å²) in [7, 11) is 0. The van der Waals surface area contributed by atoms with Gasteiger partial charge in [0.15, 0.2) is 5.65 Å². The van der Waals surface area contributed by atoms with E-state index < -0.39 is 0 Å². The number of nitrogens with zero attached hydrogens (tertiary/aromatic N) is 4. The van der Waals surface area contributed by atoms with Crippen LogP contribution in [0, 0.1) is 11.3 Å². The highest BCUT2D eigenvalue weighted by molar-refractivity contribution is 5.61. The Bertz CT molecular complexity index is 548. The van der Waals surface area contributed by atoms with Crippen LogP contribution in [0.1, 0.15) is 11.1 Å². The van der Waals surface area contributed by atoms with E-state index in [4.69, 9.17) is 5.26 Å². The molecule has 0 amide bonds. The van der Waals surface area contributed by atoms with Crippen molar-refractivity contribution >= 4 is 11.5 Å². The summed E-state index contributed by atoms with van der Waals surface area (Å²) in [6.45, 7) is 0.915. The van der Waals surface area contributed by atoms with Crippen molar-refractivity contribution in [1.82, 2.24) is 14.6 Å². The summed E-state index contributed by atoms with van der Waals surface area (Å²) in [6.07, 6.45) is 4.33. The number of hydrogen-bond donors (Lipinski definition) is 1. The summed E-state index contributed by atoms with van der Waals surface area (Å²) in [5.74, 6) is 0.969. The number of aromatic nitrogens is 3. The molecule has 0 bridgehead atoms. The minimum atomic E-state index is 0.515. The molecule has 14 heavy (non-hydrogen) atoms. The minimum Gasteiger partial charge on any atom is -0.369 e. The zero-order valence-electron chi connectivity index (χ0n) is 7.36. The third kappa shape index (κ3) is 0.773. The van der Waals surface area contributed by atoms with Crippen molar-refractivity contribution in [3.05, 3.63) is 23.5 Å². The van der Waals surface area contributed by atoms with Gasteiger partial charge in [-0.15, -0.1) is 0 Å². The van der Waals surface area contributed by atoms with Gasteiger partial charge in [0.05, 0.1) is 6.20 Å². The van der Waals surface area contributed by atoms with E-state index in [0.717, 1.165) is 24.3 Å². The van der Waals surface area contributed by atoms with E-state index in [9.17, 15) is 0 Å². The molecule has 5 heteroatoms. The average molecular weight is 185 g/mol. The molecule has 0 saturated carbocycles. The molecule has 0 spiro atoms. The quantitative estimate of drug-likeness (QED) is 0.651. The predicted molar refractivity (Wildman–Crippen MR) is 49.9 cm³/mol. The van der Waals surface area contributed by atoms with Gasteiger partial charge in [-0.25, -0.2) is 4.98 Å². The van der Waals surface area contributed by atoms with Crippen molar-refractivity contribution in [3.63, 3.8) is 0 Å². The van der Waals surface area contributed by atoms with Gasteiger partial charge in [-0.1, -0.05) is 0 Å². The minimum absolute atomic E-state index is 0.515. The van der Waals surface area contributed by atoms with Gasteiger partial charge >= 0.3 is 0 Å². The maximum Gasteiger partial charge on any atom is 0.175 e. The molecule has 0 radical (unpaired) electrons. The van der Waals surface area contributed by atoms with Crippen molar-refractivity contribution < 1.29 is 0 Å². The van der Waals surface area contributed by atoms with Crippen LogP contribution in [0.15, 0.2) is 12.4 Å². The molecular weight excluding hydrogens is 178 g/mol. The summed E-state index contributed by atoms with van der Waals surface area (Å²) in [6, 6.07) is 2.07. The first-order chi connectivity index (χ1) is 6.90. The highest BCUT2D eigenvalue weighted by Gasteiger charge is 2.16. The van der Waals surface area contributed by atoms with Crippen molar-refractivity contribution in [3.8, 4) is 6.07 Å². The van der Waals surface area contributed by atoms with Crippen LogP contribution < -0.4 is 5.32 Å². The Balaban J connectivity index is 2.41. The Kier molecular flexibility index (Phi) is 1.28. The van der Waals surface area contributed by atoms with E-state index in [2.05, 4.69) is 21.5 Å². The number of hydrogen-bond acceptors (Lipinski definition) is 4. The second-order valence-electron chi connectivity index (χ2n) is 3.21. The first kappa shape index (κ1) is 7.33. The normalized spacial score (nSPS) is 13.6. The number of anilines is 1. The van der Waals surface area contributed by atoms with Crippen LogP contribution in [0.2, 0.25) is 0 Å². The second kappa shape index (κ2) is 2.45. The topological polar surface area (TPSA) is 66.0 Å². The number of fused-ring (bicyclic) bond motifs is 3. The summed E-state index contributed by atoms with van der Waals surface area (Å²) in [4.78, 5) is 4.22. The standard InChI is InChI=1S/C9H7N5/c10-3-7-5-13-14-8-6(1-2-11-8)4-12-9(7)14/h4-5,11H,1-2H2. The van der Waals surface area contributed by atoms with Gasteiger partial charge < -0.3 is 5.32 Å². The molecule has 1 N–H and O–H groups in total.